The molecule has 1 aliphatic heterocycles. The number of hydrogen-bond donors (Lipinski definition) is 0. The number of hydrogen-bond acceptors (Lipinski definition) is 6. The summed E-state index contributed by atoms with van der Waals surface area (Å²) in [6.07, 6.45) is 1.52. The van der Waals surface area contributed by atoms with Crippen molar-refractivity contribution in [3.05, 3.63) is 98.0 Å². The molecule has 1 heterocycles. The summed E-state index contributed by atoms with van der Waals surface area (Å²) >= 11 is 2.02. The number of carbonyl (C=O) groups excluding carboxylic acids is 2. The van der Waals surface area contributed by atoms with Crippen LogP contribution in [0.25, 0.3) is 6.08 Å². The highest BCUT2D eigenvalue weighted by molar-refractivity contribution is 14.1. The molecular formula is C25H17FINO5. The molecule has 0 saturated carbocycles. The van der Waals surface area contributed by atoms with Crippen molar-refractivity contribution in [1.29, 1.82) is 0 Å². The molecule has 0 aliphatic carbocycles. The third-order valence-corrected chi connectivity index (χ3v) is 5.50. The van der Waals surface area contributed by atoms with Gasteiger partial charge in [0.25, 0.3) is 0 Å². The van der Waals surface area contributed by atoms with Gasteiger partial charge in [0, 0.05) is 5.56 Å². The minimum atomic E-state index is -0.654. The Morgan fingerprint density at radius 3 is 2.64 bits per heavy atom. The van der Waals surface area contributed by atoms with Crippen molar-refractivity contribution < 1.29 is 28.2 Å². The smallest absolute Gasteiger partial charge is 0.363 e. The zero-order valence-corrected chi connectivity index (χ0v) is 19.8. The van der Waals surface area contributed by atoms with Crippen molar-refractivity contribution in [2.24, 2.45) is 4.99 Å². The zero-order chi connectivity index (χ0) is 23.5. The molecule has 8 heteroatoms. The molecule has 3 aromatic carbocycles. The van der Waals surface area contributed by atoms with Crippen molar-refractivity contribution >= 4 is 46.5 Å². The number of nitrogens with zero attached hydrogens (tertiary/aromatic N) is 1. The van der Waals surface area contributed by atoms with Crippen molar-refractivity contribution in [3.63, 3.8) is 0 Å². The van der Waals surface area contributed by atoms with Gasteiger partial charge in [-0.25, -0.2) is 19.0 Å². The van der Waals surface area contributed by atoms with E-state index in [0.717, 1.165) is 5.56 Å². The normalized spacial score (nSPS) is 14.1. The molecule has 6 nitrogen and oxygen atoms in total. The number of halogens is 2. The third-order valence-electron chi connectivity index (χ3n) is 4.70. The van der Waals surface area contributed by atoms with Gasteiger partial charge in [-0.1, -0.05) is 23.8 Å². The van der Waals surface area contributed by atoms with Crippen LogP contribution >= 0.6 is 22.6 Å². The van der Waals surface area contributed by atoms with Gasteiger partial charge in [-0.3, -0.25) is 0 Å². The van der Waals surface area contributed by atoms with E-state index in [9.17, 15) is 14.0 Å². The van der Waals surface area contributed by atoms with E-state index in [1.807, 2.05) is 35.6 Å². The summed E-state index contributed by atoms with van der Waals surface area (Å²) in [6.45, 7) is 1.89. The first kappa shape index (κ1) is 22.7. The van der Waals surface area contributed by atoms with Gasteiger partial charge in [-0.2, -0.15) is 0 Å². The highest BCUT2D eigenvalue weighted by Gasteiger charge is 2.25. The van der Waals surface area contributed by atoms with Crippen LogP contribution in [0.15, 0.2) is 71.4 Å². The monoisotopic (exact) mass is 557 g/mol. The van der Waals surface area contributed by atoms with Gasteiger partial charge in [0.2, 0.25) is 5.90 Å². The van der Waals surface area contributed by atoms with Gasteiger partial charge in [-0.15, -0.1) is 0 Å². The van der Waals surface area contributed by atoms with E-state index in [1.165, 1.54) is 31.4 Å². The Morgan fingerprint density at radius 1 is 1.12 bits per heavy atom. The average Bonchev–Trinajstić information content (AvgIpc) is 3.15. The SMILES string of the molecule is COc1cc(/C=C2\N=C(c3cccc(F)c3)OC2=O)cc(I)c1OC(=O)c1cccc(C)c1. The molecule has 0 bridgehead atoms. The summed E-state index contributed by atoms with van der Waals surface area (Å²) in [7, 11) is 1.45. The maximum absolute atomic E-state index is 13.5. The van der Waals surface area contributed by atoms with Crippen LogP contribution in [0.2, 0.25) is 0 Å². The number of carbonyl (C=O) groups is 2. The van der Waals surface area contributed by atoms with Crippen molar-refractivity contribution in [1.82, 2.24) is 0 Å². The van der Waals surface area contributed by atoms with Crippen LogP contribution in [-0.4, -0.2) is 24.9 Å². The molecule has 0 amide bonds. The van der Waals surface area contributed by atoms with Crippen LogP contribution in [0, 0.1) is 16.3 Å². The molecule has 0 saturated heterocycles. The van der Waals surface area contributed by atoms with E-state index in [4.69, 9.17) is 14.2 Å². The Balaban J connectivity index is 1.63. The number of esters is 2. The van der Waals surface area contributed by atoms with E-state index in [1.54, 1.807) is 36.4 Å². The van der Waals surface area contributed by atoms with Gasteiger partial charge in [0.15, 0.2) is 17.2 Å². The van der Waals surface area contributed by atoms with Crippen LogP contribution in [0.1, 0.15) is 27.0 Å². The molecule has 4 rings (SSSR count). The Labute approximate surface area is 202 Å². The van der Waals surface area contributed by atoms with Crippen molar-refractivity contribution in [2.75, 3.05) is 7.11 Å². The maximum atomic E-state index is 13.5. The fourth-order valence-corrected chi connectivity index (χ4v) is 3.89. The van der Waals surface area contributed by atoms with E-state index < -0.39 is 17.8 Å². The second-order valence-corrected chi connectivity index (χ2v) is 8.30. The third kappa shape index (κ3) is 5.11. The topological polar surface area (TPSA) is 74.2 Å². The van der Waals surface area contributed by atoms with Gasteiger partial charge in [-0.05, 0) is 83.6 Å². The standard InChI is InChI=1S/C25H17FINO5/c1-14-5-3-7-17(9-14)24(29)32-22-19(27)10-15(12-21(22)31-2)11-20-25(30)33-23(28-20)16-6-4-8-18(26)13-16/h3-13H,1-2H3/b20-11-. The molecule has 33 heavy (non-hydrogen) atoms. The summed E-state index contributed by atoms with van der Waals surface area (Å²) in [4.78, 5) is 29.1. The summed E-state index contributed by atoms with van der Waals surface area (Å²) in [5.74, 6) is -1.02. The number of aryl methyl sites for hydroxylation is 1. The molecule has 0 aromatic heterocycles. The molecule has 0 spiro atoms. The van der Waals surface area contributed by atoms with Gasteiger partial charge < -0.3 is 14.2 Å². The van der Waals surface area contributed by atoms with Crippen molar-refractivity contribution in [2.45, 2.75) is 6.92 Å². The van der Waals surface area contributed by atoms with E-state index in [0.29, 0.717) is 26.0 Å². The molecule has 0 atom stereocenters. The van der Waals surface area contributed by atoms with Crippen LogP contribution in [-0.2, 0) is 9.53 Å². The second kappa shape index (κ2) is 9.53. The minimum absolute atomic E-state index is 0.0242. The number of benzene rings is 3. The largest absolute Gasteiger partial charge is 0.493 e. The fourth-order valence-electron chi connectivity index (χ4n) is 3.16. The number of ether oxygens (including phenoxy) is 3. The predicted octanol–water partition coefficient (Wildman–Crippen LogP) is 5.31. The average molecular weight is 557 g/mol. The molecular weight excluding hydrogens is 540 g/mol. The van der Waals surface area contributed by atoms with Crippen LogP contribution in [0.5, 0.6) is 11.5 Å². The second-order valence-electron chi connectivity index (χ2n) is 7.14. The lowest BCUT2D eigenvalue weighted by molar-refractivity contribution is -0.129. The molecule has 0 radical (unpaired) electrons. The Hall–Kier alpha value is -3.53. The molecule has 0 unspecified atom stereocenters. The van der Waals surface area contributed by atoms with E-state index in [2.05, 4.69) is 4.99 Å². The Morgan fingerprint density at radius 2 is 1.91 bits per heavy atom. The van der Waals surface area contributed by atoms with Crippen LogP contribution in [0.3, 0.4) is 0 Å². The van der Waals surface area contributed by atoms with Gasteiger partial charge in [0.05, 0.1) is 16.2 Å². The lowest BCUT2D eigenvalue weighted by Crippen LogP contribution is -2.10. The number of rotatable bonds is 5. The van der Waals surface area contributed by atoms with E-state index in [-0.39, 0.29) is 17.3 Å². The van der Waals surface area contributed by atoms with Crippen LogP contribution in [0.4, 0.5) is 4.39 Å². The first-order chi connectivity index (χ1) is 15.8. The first-order valence-electron chi connectivity index (χ1n) is 9.79. The fraction of sp³-hybridized carbons (Fsp3) is 0.0800. The number of cyclic esters (lactones) is 1. The molecule has 0 N–H and O–H groups in total. The summed E-state index contributed by atoms with van der Waals surface area (Å²) < 4.78 is 30.3. The first-order valence-corrected chi connectivity index (χ1v) is 10.9. The quantitative estimate of drug-likeness (QED) is 0.184. The maximum Gasteiger partial charge on any atom is 0.363 e. The zero-order valence-electron chi connectivity index (χ0n) is 17.6. The summed E-state index contributed by atoms with van der Waals surface area (Å²) in [5, 5.41) is 0. The molecule has 1 aliphatic rings. The summed E-state index contributed by atoms with van der Waals surface area (Å²) in [6, 6.07) is 16.1. The van der Waals surface area contributed by atoms with Gasteiger partial charge in [0.1, 0.15) is 5.82 Å². The van der Waals surface area contributed by atoms with Crippen molar-refractivity contribution in [3.8, 4) is 11.5 Å². The molecule has 0 fully saturated rings. The highest BCUT2D eigenvalue weighted by atomic mass is 127. The summed E-state index contributed by atoms with van der Waals surface area (Å²) in [5.41, 5.74) is 2.36. The van der Waals surface area contributed by atoms with Gasteiger partial charge >= 0.3 is 11.9 Å². The molecule has 166 valence electrons. The Kier molecular flexibility index (Phi) is 6.55. The number of aliphatic imine (C=N–C) groups is 1. The highest BCUT2D eigenvalue weighted by Crippen LogP contribution is 2.35. The lowest BCUT2D eigenvalue weighted by atomic mass is 10.1. The molecule has 3 aromatic rings. The van der Waals surface area contributed by atoms with E-state index >= 15 is 0 Å². The Bertz CT molecular complexity index is 1330. The number of methoxy groups -OCH3 is 1. The lowest BCUT2D eigenvalue weighted by Gasteiger charge is -2.12. The minimum Gasteiger partial charge on any atom is -0.493 e. The van der Waals surface area contributed by atoms with Crippen LogP contribution < -0.4 is 9.47 Å². The predicted molar refractivity (Wildman–Crippen MR) is 129 cm³/mol.